The first kappa shape index (κ1) is 13.8. The van der Waals surface area contributed by atoms with Gasteiger partial charge in [-0.3, -0.25) is 4.79 Å². The van der Waals surface area contributed by atoms with Gasteiger partial charge in [-0.25, -0.2) is 9.67 Å². The van der Waals surface area contributed by atoms with Crippen molar-refractivity contribution in [3.8, 4) is 5.82 Å². The van der Waals surface area contributed by atoms with E-state index in [2.05, 4.69) is 10.1 Å². The fourth-order valence-corrected chi connectivity index (χ4v) is 2.73. The van der Waals surface area contributed by atoms with Gasteiger partial charge in [0.15, 0.2) is 5.82 Å². The maximum Gasteiger partial charge on any atom is 0.272 e. The first-order chi connectivity index (χ1) is 10.3. The minimum atomic E-state index is -0.0424. The van der Waals surface area contributed by atoms with Gasteiger partial charge >= 0.3 is 0 Å². The van der Waals surface area contributed by atoms with Crippen molar-refractivity contribution in [2.24, 2.45) is 5.73 Å². The third-order valence-electron chi connectivity index (χ3n) is 3.85. The van der Waals surface area contributed by atoms with Gasteiger partial charge in [0, 0.05) is 31.5 Å². The zero-order valence-electron chi connectivity index (χ0n) is 11.9. The van der Waals surface area contributed by atoms with Crippen LogP contribution in [0.5, 0.6) is 0 Å². The summed E-state index contributed by atoms with van der Waals surface area (Å²) in [4.78, 5) is 19.0. The molecular weight excluding hydrogens is 266 g/mol. The van der Waals surface area contributed by atoms with Gasteiger partial charge in [-0.1, -0.05) is 6.07 Å². The normalized spacial score (nSPS) is 18.7. The first-order valence-electron chi connectivity index (χ1n) is 7.27. The number of pyridine rings is 1. The average molecular weight is 285 g/mol. The van der Waals surface area contributed by atoms with Crippen molar-refractivity contribution in [3.63, 3.8) is 0 Å². The zero-order chi connectivity index (χ0) is 14.7. The molecule has 2 aromatic heterocycles. The number of carbonyl (C=O) groups is 1. The predicted octanol–water partition coefficient (Wildman–Crippen LogP) is 1.22. The second kappa shape index (κ2) is 6.05. The van der Waals surface area contributed by atoms with E-state index in [-0.39, 0.29) is 11.9 Å². The lowest BCUT2D eigenvalue weighted by Gasteiger charge is -2.34. The van der Waals surface area contributed by atoms with E-state index in [0.29, 0.717) is 18.1 Å². The summed E-state index contributed by atoms with van der Waals surface area (Å²) < 4.78 is 1.65. The van der Waals surface area contributed by atoms with Crippen LogP contribution in [0.25, 0.3) is 5.82 Å². The summed E-state index contributed by atoms with van der Waals surface area (Å²) in [5, 5.41) is 4.14. The molecule has 1 saturated heterocycles. The Morgan fingerprint density at radius 2 is 2.24 bits per heavy atom. The Morgan fingerprint density at radius 3 is 3.00 bits per heavy atom. The second-order valence-corrected chi connectivity index (χ2v) is 5.22. The van der Waals surface area contributed by atoms with Gasteiger partial charge in [0.05, 0.1) is 0 Å². The van der Waals surface area contributed by atoms with Gasteiger partial charge in [-0.15, -0.1) is 0 Å². The molecule has 6 heteroatoms. The lowest BCUT2D eigenvalue weighted by atomic mass is 10.0. The quantitative estimate of drug-likeness (QED) is 0.920. The fourth-order valence-electron chi connectivity index (χ4n) is 2.73. The molecule has 0 radical (unpaired) electrons. The van der Waals surface area contributed by atoms with Gasteiger partial charge in [0.1, 0.15) is 5.69 Å². The smallest absolute Gasteiger partial charge is 0.272 e. The summed E-state index contributed by atoms with van der Waals surface area (Å²) in [6.45, 7) is 1.26. The van der Waals surface area contributed by atoms with Crippen molar-refractivity contribution in [2.75, 3.05) is 13.1 Å². The van der Waals surface area contributed by atoms with Crippen LogP contribution >= 0.6 is 0 Å². The highest BCUT2D eigenvalue weighted by atomic mass is 16.2. The summed E-state index contributed by atoms with van der Waals surface area (Å²) in [6.07, 6.45) is 6.63. The Hall–Kier alpha value is -2.21. The molecule has 1 atom stereocenters. The molecule has 2 aromatic rings. The molecule has 0 spiro atoms. The van der Waals surface area contributed by atoms with Gasteiger partial charge in [-0.2, -0.15) is 5.10 Å². The molecule has 1 amide bonds. The topological polar surface area (TPSA) is 77.0 Å². The largest absolute Gasteiger partial charge is 0.333 e. The van der Waals surface area contributed by atoms with Gasteiger partial charge in [0.2, 0.25) is 0 Å². The molecule has 1 unspecified atom stereocenters. The summed E-state index contributed by atoms with van der Waals surface area (Å²) in [7, 11) is 0. The highest BCUT2D eigenvalue weighted by Crippen LogP contribution is 2.18. The number of hydrogen-bond donors (Lipinski definition) is 1. The number of nitrogens with two attached hydrogens (primary N) is 1. The Morgan fingerprint density at radius 1 is 1.33 bits per heavy atom. The number of hydrogen-bond acceptors (Lipinski definition) is 4. The molecule has 110 valence electrons. The fraction of sp³-hybridized carbons (Fsp3) is 0.400. The third kappa shape index (κ3) is 2.80. The van der Waals surface area contributed by atoms with Crippen LogP contribution in [0.1, 0.15) is 29.8 Å². The Labute approximate surface area is 123 Å². The molecule has 21 heavy (non-hydrogen) atoms. The monoisotopic (exact) mass is 285 g/mol. The number of piperidine rings is 1. The molecule has 0 saturated carbocycles. The molecule has 0 aliphatic carbocycles. The molecule has 0 bridgehead atoms. The van der Waals surface area contributed by atoms with E-state index >= 15 is 0 Å². The van der Waals surface area contributed by atoms with Crippen LogP contribution < -0.4 is 5.73 Å². The van der Waals surface area contributed by atoms with Crippen molar-refractivity contribution in [1.29, 1.82) is 0 Å². The van der Waals surface area contributed by atoms with E-state index in [0.717, 1.165) is 25.8 Å². The summed E-state index contributed by atoms with van der Waals surface area (Å²) in [5.41, 5.74) is 6.24. The van der Waals surface area contributed by atoms with E-state index in [1.807, 2.05) is 23.1 Å². The molecule has 3 heterocycles. The van der Waals surface area contributed by atoms with Crippen molar-refractivity contribution < 1.29 is 4.79 Å². The van der Waals surface area contributed by atoms with Crippen molar-refractivity contribution >= 4 is 5.91 Å². The molecule has 1 aliphatic rings. The van der Waals surface area contributed by atoms with Crippen LogP contribution in [0.4, 0.5) is 0 Å². The minimum Gasteiger partial charge on any atom is -0.333 e. The standard InChI is InChI=1S/C15H19N5O/c16-11-12-5-1-2-9-19(12)15(21)13-6-3-7-14(18-13)20-10-4-8-17-20/h3-4,6-8,10,12H,1-2,5,9,11,16H2. The van der Waals surface area contributed by atoms with E-state index in [1.165, 1.54) is 0 Å². The van der Waals surface area contributed by atoms with E-state index < -0.39 is 0 Å². The molecular formula is C15H19N5O. The second-order valence-electron chi connectivity index (χ2n) is 5.22. The first-order valence-corrected chi connectivity index (χ1v) is 7.27. The molecule has 2 N–H and O–H groups in total. The molecule has 1 fully saturated rings. The van der Waals surface area contributed by atoms with Crippen LogP contribution in [0.15, 0.2) is 36.7 Å². The number of likely N-dealkylation sites (tertiary alicyclic amines) is 1. The lowest BCUT2D eigenvalue weighted by molar-refractivity contribution is 0.0617. The Balaban J connectivity index is 1.86. The molecule has 1 aliphatic heterocycles. The van der Waals surface area contributed by atoms with E-state index in [4.69, 9.17) is 5.73 Å². The van der Waals surface area contributed by atoms with Crippen LogP contribution in [0.3, 0.4) is 0 Å². The predicted molar refractivity (Wildman–Crippen MR) is 79.1 cm³/mol. The molecule has 0 aromatic carbocycles. The Kier molecular flexibility index (Phi) is 3.96. The Bertz CT molecular complexity index is 610. The van der Waals surface area contributed by atoms with Crippen LogP contribution in [-0.4, -0.2) is 44.7 Å². The van der Waals surface area contributed by atoms with Crippen LogP contribution in [0.2, 0.25) is 0 Å². The lowest BCUT2D eigenvalue weighted by Crippen LogP contribution is -2.47. The van der Waals surface area contributed by atoms with Crippen molar-refractivity contribution in [3.05, 3.63) is 42.4 Å². The number of nitrogens with zero attached hydrogens (tertiary/aromatic N) is 4. The van der Waals surface area contributed by atoms with E-state index in [9.17, 15) is 4.79 Å². The third-order valence-corrected chi connectivity index (χ3v) is 3.85. The van der Waals surface area contributed by atoms with Gasteiger partial charge in [-0.05, 0) is 37.5 Å². The maximum atomic E-state index is 12.7. The van der Waals surface area contributed by atoms with Crippen molar-refractivity contribution in [1.82, 2.24) is 19.7 Å². The number of rotatable bonds is 3. The summed E-state index contributed by atoms with van der Waals surface area (Å²) in [6, 6.07) is 7.36. The number of carbonyl (C=O) groups excluding carboxylic acids is 1. The summed E-state index contributed by atoms with van der Waals surface area (Å²) >= 11 is 0. The highest BCUT2D eigenvalue weighted by Gasteiger charge is 2.27. The zero-order valence-corrected chi connectivity index (χ0v) is 11.9. The average Bonchev–Trinajstić information content (AvgIpc) is 3.09. The van der Waals surface area contributed by atoms with E-state index in [1.54, 1.807) is 23.1 Å². The van der Waals surface area contributed by atoms with Crippen LogP contribution in [-0.2, 0) is 0 Å². The van der Waals surface area contributed by atoms with Crippen LogP contribution in [0, 0.1) is 0 Å². The molecule has 3 rings (SSSR count). The summed E-state index contributed by atoms with van der Waals surface area (Å²) in [5.74, 6) is 0.603. The number of amides is 1. The van der Waals surface area contributed by atoms with Crippen molar-refractivity contribution in [2.45, 2.75) is 25.3 Å². The number of aromatic nitrogens is 3. The SMILES string of the molecule is NCC1CCCCN1C(=O)c1cccc(-n2cccn2)n1. The maximum absolute atomic E-state index is 12.7. The molecule has 6 nitrogen and oxygen atoms in total. The van der Waals surface area contributed by atoms with Gasteiger partial charge < -0.3 is 10.6 Å². The van der Waals surface area contributed by atoms with Gasteiger partial charge in [0.25, 0.3) is 5.91 Å². The highest BCUT2D eigenvalue weighted by molar-refractivity contribution is 5.92. The minimum absolute atomic E-state index is 0.0424.